The summed E-state index contributed by atoms with van der Waals surface area (Å²) in [5.74, 6) is -1.09. The van der Waals surface area contributed by atoms with Gasteiger partial charge in [0.2, 0.25) is 5.91 Å². The second-order valence-electron chi connectivity index (χ2n) is 5.16. The fraction of sp³-hybridized carbons (Fsp3) is 0.412. The van der Waals surface area contributed by atoms with Crippen molar-refractivity contribution in [3.8, 4) is 0 Å². The SMILES string of the molecule is CCNC(=O)c1cccc(NC(=S)NC(=O)CCC(=O)OCCOC)c1. The van der Waals surface area contributed by atoms with Gasteiger partial charge in [-0.25, -0.2) is 0 Å². The van der Waals surface area contributed by atoms with Crippen LogP contribution in [0.25, 0.3) is 0 Å². The van der Waals surface area contributed by atoms with Gasteiger partial charge in [-0.05, 0) is 37.3 Å². The standard InChI is InChI=1S/C17H23N3O5S/c1-3-18-16(23)12-5-4-6-13(11-12)19-17(26)20-14(21)7-8-15(22)25-10-9-24-2/h4-6,11H,3,7-10H2,1-2H3,(H,18,23)(H2,19,20,21,26). The molecule has 1 aromatic carbocycles. The Kier molecular flexibility index (Phi) is 9.88. The number of hydrogen-bond donors (Lipinski definition) is 3. The van der Waals surface area contributed by atoms with E-state index in [2.05, 4.69) is 16.0 Å². The molecule has 0 fully saturated rings. The van der Waals surface area contributed by atoms with Crippen LogP contribution in [0, 0.1) is 0 Å². The third-order valence-electron chi connectivity index (χ3n) is 3.08. The molecule has 0 saturated heterocycles. The quantitative estimate of drug-likeness (QED) is 0.335. The van der Waals surface area contributed by atoms with Crippen LogP contribution in [-0.2, 0) is 19.1 Å². The van der Waals surface area contributed by atoms with Crippen molar-refractivity contribution < 1.29 is 23.9 Å². The Morgan fingerprint density at radius 3 is 2.62 bits per heavy atom. The molecule has 0 aliphatic carbocycles. The molecule has 0 radical (unpaired) electrons. The van der Waals surface area contributed by atoms with E-state index in [1.54, 1.807) is 24.3 Å². The smallest absolute Gasteiger partial charge is 0.306 e. The molecule has 9 heteroatoms. The first-order valence-corrected chi connectivity index (χ1v) is 8.50. The number of esters is 1. The van der Waals surface area contributed by atoms with E-state index in [0.29, 0.717) is 24.4 Å². The number of hydrogen-bond acceptors (Lipinski definition) is 6. The third-order valence-corrected chi connectivity index (χ3v) is 3.28. The molecule has 0 bridgehead atoms. The van der Waals surface area contributed by atoms with Crippen LogP contribution in [-0.4, -0.2) is 49.8 Å². The van der Waals surface area contributed by atoms with E-state index in [1.165, 1.54) is 7.11 Å². The van der Waals surface area contributed by atoms with E-state index < -0.39 is 11.9 Å². The van der Waals surface area contributed by atoms with Gasteiger partial charge in [-0.15, -0.1) is 0 Å². The van der Waals surface area contributed by atoms with Crippen LogP contribution in [0.15, 0.2) is 24.3 Å². The van der Waals surface area contributed by atoms with Crippen molar-refractivity contribution in [2.45, 2.75) is 19.8 Å². The summed E-state index contributed by atoms with van der Waals surface area (Å²) in [4.78, 5) is 35.0. The maximum absolute atomic E-state index is 11.8. The van der Waals surface area contributed by atoms with E-state index in [0.717, 1.165) is 0 Å². The van der Waals surface area contributed by atoms with Gasteiger partial charge in [0.05, 0.1) is 13.0 Å². The van der Waals surface area contributed by atoms with Crippen LogP contribution in [0.3, 0.4) is 0 Å². The Hall–Kier alpha value is -2.52. The van der Waals surface area contributed by atoms with E-state index in [9.17, 15) is 14.4 Å². The van der Waals surface area contributed by atoms with Crippen LogP contribution in [0.1, 0.15) is 30.1 Å². The molecule has 0 aromatic heterocycles. The second kappa shape index (κ2) is 11.9. The maximum Gasteiger partial charge on any atom is 0.306 e. The fourth-order valence-electron chi connectivity index (χ4n) is 1.88. The van der Waals surface area contributed by atoms with Gasteiger partial charge >= 0.3 is 5.97 Å². The summed E-state index contributed by atoms with van der Waals surface area (Å²) in [7, 11) is 1.50. The summed E-state index contributed by atoms with van der Waals surface area (Å²) in [5, 5.41) is 8.08. The van der Waals surface area contributed by atoms with Gasteiger partial charge in [0.1, 0.15) is 6.61 Å². The monoisotopic (exact) mass is 381 g/mol. The zero-order chi connectivity index (χ0) is 19.4. The second-order valence-corrected chi connectivity index (χ2v) is 5.56. The molecule has 142 valence electrons. The van der Waals surface area contributed by atoms with Crippen molar-refractivity contribution in [3.63, 3.8) is 0 Å². The molecule has 0 spiro atoms. The lowest BCUT2D eigenvalue weighted by atomic mass is 10.2. The molecule has 26 heavy (non-hydrogen) atoms. The number of rotatable bonds is 9. The average molecular weight is 381 g/mol. The van der Waals surface area contributed by atoms with Gasteiger partial charge in [0.15, 0.2) is 5.11 Å². The Bertz CT molecular complexity index is 651. The molecular weight excluding hydrogens is 358 g/mol. The number of carbonyl (C=O) groups excluding carboxylic acids is 3. The van der Waals surface area contributed by atoms with Crippen molar-refractivity contribution in [1.29, 1.82) is 0 Å². The lowest BCUT2D eigenvalue weighted by molar-refractivity contribution is -0.146. The van der Waals surface area contributed by atoms with Gasteiger partial charge in [0.25, 0.3) is 5.91 Å². The van der Waals surface area contributed by atoms with Crippen molar-refractivity contribution in [2.24, 2.45) is 0 Å². The largest absolute Gasteiger partial charge is 0.463 e. The van der Waals surface area contributed by atoms with Gasteiger partial charge < -0.3 is 25.4 Å². The lowest BCUT2D eigenvalue weighted by Crippen LogP contribution is -2.34. The highest BCUT2D eigenvalue weighted by Gasteiger charge is 2.10. The molecule has 0 atom stereocenters. The Labute approximate surface area is 157 Å². The van der Waals surface area contributed by atoms with Crippen LogP contribution in [0.5, 0.6) is 0 Å². The van der Waals surface area contributed by atoms with Crippen molar-refractivity contribution in [1.82, 2.24) is 10.6 Å². The van der Waals surface area contributed by atoms with Crippen LogP contribution in [0.2, 0.25) is 0 Å². The molecule has 0 saturated carbocycles. The molecule has 8 nitrogen and oxygen atoms in total. The maximum atomic E-state index is 11.8. The van der Waals surface area contributed by atoms with E-state index in [4.69, 9.17) is 21.7 Å². The number of benzene rings is 1. The van der Waals surface area contributed by atoms with E-state index in [1.807, 2.05) is 6.92 Å². The van der Waals surface area contributed by atoms with Gasteiger partial charge in [-0.2, -0.15) is 0 Å². The molecule has 0 aliphatic rings. The van der Waals surface area contributed by atoms with Gasteiger partial charge in [0, 0.05) is 31.3 Å². The minimum atomic E-state index is -0.481. The van der Waals surface area contributed by atoms with E-state index in [-0.39, 0.29) is 30.5 Å². The first-order valence-electron chi connectivity index (χ1n) is 8.10. The van der Waals surface area contributed by atoms with Crippen molar-refractivity contribution in [2.75, 3.05) is 32.2 Å². The summed E-state index contributed by atoms with van der Waals surface area (Å²) < 4.78 is 9.62. The predicted molar refractivity (Wildman–Crippen MR) is 101 cm³/mol. The van der Waals surface area contributed by atoms with Crippen LogP contribution < -0.4 is 16.0 Å². The number of nitrogens with one attached hydrogen (secondary N) is 3. The number of anilines is 1. The first kappa shape index (κ1) is 21.5. The Morgan fingerprint density at radius 2 is 1.92 bits per heavy atom. The van der Waals surface area contributed by atoms with Crippen LogP contribution in [0.4, 0.5) is 5.69 Å². The highest BCUT2D eigenvalue weighted by atomic mass is 32.1. The first-order chi connectivity index (χ1) is 12.5. The zero-order valence-corrected chi connectivity index (χ0v) is 15.6. The summed E-state index contributed by atoms with van der Waals surface area (Å²) >= 11 is 5.06. The number of amides is 2. The van der Waals surface area contributed by atoms with Crippen molar-refractivity contribution in [3.05, 3.63) is 29.8 Å². The van der Waals surface area contributed by atoms with E-state index >= 15 is 0 Å². The molecule has 2 amide bonds. The molecule has 0 unspecified atom stereocenters. The molecule has 3 N–H and O–H groups in total. The normalized spacial score (nSPS) is 9.92. The van der Waals surface area contributed by atoms with Crippen molar-refractivity contribution >= 4 is 40.8 Å². The highest BCUT2D eigenvalue weighted by Crippen LogP contribution is 2.10. The van der Waals surface area contributed by atoms with Gasteiger partial charge in [-0.3, -0.25) is 14.4 Å². The molecule has 1 rings (SSSR count). The topological polar surface area (TPSA) is 106 Å². The molecule has 1 aromatic rings. The predicted octanol–water partition coefficient (Wildman–Crippen LogP) is 1.22. The highest BCUT2D eigenvalue weighted by molar-refractivity contribution is 7.80. The summed E-state index contributed by atoms with van der Waals surface area (Å²) in [6.45, 7) is 2.82. The summed E-state index contributed by atoms with van der Waals surface area (Å²) in [5.41, 5.74) is 1.04. The Morgan fingerprint density at radius 1 is 1.15 bits per heavy atom. The molecular formula is C17H23N3O5S. The number of ether oxygens (including phenoxy) is 2. The number of carbonyl (C=O) groups is 3. The summed E-state index contributed by atoms with van der Waals surface area (Å²) in [6.07, 6.45) is -0.0998. The number of methoxy groups -OCH3 is 1. The van der Waals surface area contributed by atoms with Gasteiger partial charge in [-0.1, -0.05) is 6.07 Å². The lowest BCUT2D eigenvalue weighted by Gasteiger charge is -2.11. The minimum Gasteiger partial charge on any atom is -0.463 e. The van der Waals surface area contributed by atoms with Crippen LogP contribution >= 0.6 is 12.2 Å². The average Bonchev–Trinajstić information content (AvgIpc) is 2.60. The minimum absolute atomic E-state index is 0.0490. The number of thiocarbonyl (C=S) groups is 1. The zero-order valence-electron chi connectivity index (χ0n) is 14.8. The Balaban J connectivity index is 2.41. The third kappa shape index (κ3) is 8.54. The fourth-order valence-corrected chi connectivity index (χ4v) is 2.11. The molecule has 0 aliphatic heterocycles. The molecule has 0 heterocycles. The summed E-state index contributed by atoms with van der Waals surface area (Å²) in [6, 6.07) is 6.71.